The fraction of sp³-hybridized carbons (Fsp3) is 0.235. The van der Waals surface area contributed by atoms with Gasteiger partial charge in [0.05, 0.1) is 16.5 Å². The molecule has 0 aromatic heterocycles. The van der Waals surface area contributed by atoms with Crippen LogP contribution in [0.4, 0.5) is 21.9 Å². The van der Waals surface area contributed by atoms with Crippen LogP contribution in [0.15, 0.2) is 36.4 Å². The molecule has 4 rings (SSSR count). The van der Waals surface area contributed by atoms with Gasteiger partial charge in [0.25, 0.3) is 0 Å². The number of urea groups is 1. The lowest BCUT2D eigenvalue weighted by Gasteiger charge is -2.19. The SMILES string of the molecule is O=C(Nc1ccc2c(c1)OCO2)Nc1ccc(Cl)c(N2CCCS2(=O)=O)c1. The third kappa shape index (κ3) is 3.60. The topological polar surface area (TPSA) is 97.0 Å². The van der Waals surface area contributed by atoms with Crippen LogP contribution in [0.5, 0.6) is 11.5 Å². The van der Waals surface area contributed by atoms with Crippen LogP contribution < -0.4 is 24.4 Å². The summed E-state index contributed by atoms with van der Waals surface area (Å²) < 4.78 is 36.0. The summed E-state index contributed by atoms with van der Waals surface area (Å²) in [5, 5.41) is 5.67. The highest BCUT2D eigenvalue weighted by Gasteiger charge is 2.30. The monoisotopic (exact) mass is 409 g/mol. The molecule has 2 amide bonds. The summed E-state index contributed by atoms with van der Waals surface area (Å²) >= 11 is 6.16. The Morgan fingerprint density at radius 2 is 1.74 bits per heavy atom. The summed E-state index contributed by atoms with van der Waals surface area (Å²) in [4.78, 5) is 12.3. The van der Waals surface area contributed by atoms with Gasteiger partial charge in [-0.3, -0.25) is 4.31 Å². The van der Waals surface area contributed by atoms with Crippen LogP contribution in [0, 0.1) is 0 Å². The molecule has 10 heteroatoms. The Labute approximate surface area is 161 Å². The van der Waals surface area contributed by atoms with Crippen molar-refractivity contribution in [3.8, 4) is 11.5 Å². The number of rotatable bonds is 3. The standard InChI is InChI=1S/C17H16ClN3O5S/c18-13-4-2-11(8-14(13)21-6-1-7-27(21,23)24)19-17(22)20-12-3-5-15-16(9-12)26-10-25-15/h2-5,8-9H,1,6-7,10H2,(H2,19,20,22). The van der Waals surface area contributed by atoms with E-state index in [-0.39, 0.29) is 12.5 Å². The lowest BCUT2D eigenvalue weighted by molar-refractivity contribution is 0.174. The van der Waals surface area contributed by atoms with Gasteiger partial charge < -0.3 is 20.1 Å². The smallest absolute Gasteiger partial charge is 0.323 e. The second-order valence-electron chi connectivity index (χ2n) is 6.06. The largest absolute Gasteiger partial charge is 0.454 e. The van der Waals surface area contributed by atoms with E-state index in [0.717, 1.165) is 0 Å². The number of halogens is 1. The molecule has 0 saturated carbocycles. The Balaban J connectivity index is 1.49. The molecule has 0 spiro atoms. The molecule has 2 aromatic rings. The number of hydrogen-bond acceptors (Lipinski definition) is 5. The fourth-order valence-corrected chi connectivity index (χ4v) is 4.80. The van der Waals surface area contributed by atoms with Crippen molar-refractivity contribution in [2.24, 2.45) is 0 Å². The molecule has 27 heavy (non-hydrogen) atoms. The van der Waals surface area contributed by atoms with Crippen molar-refractivity contribution in [2.75, 3.05) is 34.0 Å². The number of fused-ring (bicyclic) bond motifs is 1. The van der Waals surface area contributed by atoms with E-state index < -0.39 is 16.1 Å². The maximum atomic E-state index is 12.3. The Morgan fingerprint density at radius 3 is 2.48 bits per heavy atom. The minimum atomic E-state index is -3.37. The van der Waals surface area contributed by atoms with Gasteiger partial charge >= 0.3 is 6.03 Å². The normalized spacial score (nSPS) is 17.0. The molecule has 0 atom stereocenters. The first kappa shape index (κ1) is 17.7. The van der Waals surface area contributed by atoms with Crippen LogP contribution in [0.1, 0.15) is 6.42 Å². The molecule has 2 aromatic carbocycles. The summed E-state index contributed by atoms with van der Waals surface area (Å²) in [6.07, 6.45) is 0.543. The molecular formula is C17H16ClN3O5S. The zero-order valence-corrected chi connectivity index (χ0v) is 15.6. The number of sulfonamides is 1. The van der Waals surface area contributed by atoms with Crippen LogP contribution in [0.25, 0.3) is 0 Å². The molecule has 2 heterocycles. The minimum absolute atomic E-state index is 0.0889. The van der Waals surface area contributed by atoms with Gasteiger partial charge in [0.1, 0.15) is 0 Å². The van der Waals surface area contributed by atoms with Gasteiger partial charge in [-0.15, -0.1) is 0 Å². The first-order valence-corrected chi connectivity index (χ1v) is 10.2. The van der Waals surface area contributed by atoms with E-state index in [1.807, 2.05) is 0 Å². The van der Waals surface area contributed by atoms with Gasteiger partial charge in [0.2, 0.25) is 16.8 Å². The van der Waals surface area contributed by atoms with Gasteiger partial charge in [-0.25, -0.2) is 13.2 Å². The molecule has 2 aliphatic rings. The number of carbonyl (C=O) groups is 1. The van der Waals surface area contributed by atoms with Gasteiger partial charge in [-0.2, -0.15) is 0 Å². The number of ether oxygens (including phenoxy) is 2. The average Bonchev–Trinajstić information content (AvgIpc) is 3.21. The average molecular weight is 410 g/mol. The number of benzene rings is 2. The number of nitrogens with zero attached hydrogens (tertiary/aromatic N) is 1. The van der Waals surface area contributed by atoms with E-state index >= 15 is 0 Å². The first-order valence-electron chi connectivity index (χ1n) is 8.20. The second-order valence-corrected chi connectivity index (χ2v) is 8.48. The van der Waals surface area contributed by atoms with Crippen LogP contribution in [0.2, 0.25) is 5.02 Å². The van der Waals surface area contributed by atoms with E-state index in [4.69, 9.17) is 21.1 Å². The first-order chi connectivity index (χ1) is 12.9. The summed E-state index contributed by atoms with van der Waals surface area (Å²) in [5.74, 6) is 1.27. The van der Waals surface area contributed by atoms with Crippen molar-refractivity contribution in [3.05, 3.63) is 41.4 Å². The summed E-state index contributed by atoms with van der Waals surface area (Å²) in [7, 11) is -3.37. The third-order valence-electron chi connectivity index (χ3n) is 4.20. The molecule has 2 aliphatic heterocycles. The summed E-state index contributed by atoms with van der Waals surface area (Å²) in [5.41, 5.74) is 1.32. The third-order valence-corrected chi connectivity index (χ3v) is 6.38. The van der Waals surface area contributed by atoms with Crippen LogP contribution in [-0.4, -0.2) is 33.5 Å². The Hall–Kier alpha value is -2.65. The molecule has 0 unspecified atom stereocenters. The number of amides is 2. The van der Waals surface area contributed by atoms with E-state index in [1.54, 1.807) is 36.4 Å². The predicted octanol–water partition coefficient (Wildman–Crippen LogP) is 3.25. The molecule has 1 fully saturated rings. The van der Waals surface area contributed by atoms with Gasteiger partial charge in [-0.05, 0) is 36.8 Å². The van der Waals surface area contributed by atoms with E-state index in [9.17, 15) is 13.2 Å². The molecule has 142 valence electrons. The summed E-state index contributed by atoms with van der Waals surface area (Å²) in [6.45, 7) is 0.521. The number of hydrogen-bond donors (Lipinski definition) is 2. The quantitative estimate of drug-likeness (QED) is 0.811. The molecule has 0 bridgehead atoms. The number of nitrogens with one attached hydrogen (secondary N) is 2. The highest BCUT2D eigenvalue weighted by molar-refractivity contribution is 7.93. The van der Waals surface area contributed by atoms with Gasteiger partial charge in [0.15, 0.2) is 11.5 Å². The van der Waals surface area contributed by atoms with Crippen LogP contribution in [-0.2, 0) is 10.0 Å². The fourth-order valence-electron chi connectivity index (χ4n) is 2.96. The maximum absolute atomic E-state index is 12.3. The van der Waals surface area contributed by atoms with Crippen molar-refractivity contribution in [3.63, 3.8) is 0 Å². The molecule has 0 radical (unpaired) electrons. The zero-order chi connectivity index (χ0) is 19.0. The van der Waals surface area contributed by atoms with E-state index in [0.29, 0.717) is 46.5 Å². The Morgan fingerprint density at radius 1 is 1.04 bits per heavy atom. The molecule has 1 saturated heterocycles. The predicted molar refractivity (Wildman–Crippen MR) is 102 cm³/mol. The van der Waals surface area contributed by atoms with Crippen molar-refractivity contribution in [2.45, 2.75) is 6.42 Å². The highest BCUT2D eigenvalue weighted by Crippen LogP contribution is 2.35. The van der Waals surface area contributed by atoms with Crippen molar-refractivity contribution < 1.29 is 22.7 Å². The van der Waals surface area contributed by atoms with Gasteiger partial charge in [-0.1, -0.05) is 11.6 Å². The van der Waals surface area contributed by atoms with Crippen molar-refractivity contribution in [1.82, 2.24) is 0 Å². The lowest BCUT2D eigenvalue weighted by Crippen LogP contribution is -2.26. The zero-order valence-electron chi connectivity index (χ0n) is 14.1. The molecular weight excluding hydrogens is 394 g/mol. The van der Waals surface area contributed by atoms with E-state index in [1.165, 1.54) is 4.31 Å². The lowest BCUT2D eigenvalue weighted by atomic mass is 10.2. The molecule has 8 nitrogen and oxygen atoms in total. The maximum Gasteiger partial charge on any atom is 0.323 e. The minimum Gasteiger partial charge on any atom is -0.454 e. The van der Waals surface area contributed by atoms with Crippen LogP contribution >= 0.6 is 11.6 Å². The Kier molecular flexibility index (Phi) is 4.48. The number of anilines is 3. The van der Waals surface area contributed by atoms with Crippen LogP contribution in [0.3, 0.4) is 0 Å². The highest BCUT2D eigenvalue weighted by atomic mass is 35.5. The number of carbonyl (C=O) groups excluding carboxylic acids is 1. The second kappa shape index (κ2) is 6.82. The Bertz CT molecular complexity index is 1010. The molecule has 0 aliphatic carbocycles. The van der Waals surface area contributed by atoms with Crippen molar-refractivity contribution in [1.29, 1.82) is 0 Å². The van der Waals surface area contributed by atoms with Crippen molar-refractivity contribution >= 4 is 44.7 Å². The molecule has 2 N–H and O–H groups in total. The van der Waals surface area contributed by atoms with Gasteiger partial charge in [0, 0.05) is 24.0 Å². The summed E-state index contributed by atoms with van der Waals surface area (Å²) in [6, 6.07) is 9.28. The van der Waals surface area contributed by atoms with E-state index in [2.05, 4.69) is 10.6 Å².